The number of hydrogen-bond acceptors (Lipinski definition) is 2. The summed E-state index contributed by atoms with van der Waals surface area (Å²) in [5.74, 6) is -1.18. The number of amides is 2. The minimum atomic E-state index is -0.593. The third-order valence-electron chi connectivity index (χ3n) is 3.87. The first-order valence-electron chi connectivity index (χ1n) is 8.65. The second kappa shape index (κ2) is 7.82. The Hall–Kier alpha value is -1.84. The van der Waals surface area contributed by atoms with Crippen molar-refractivity contribution >= 4 is 11.8 Å². The second-order valence-electron chi connectivity index (χ2n) is 8.37. The molecule has 0 aliphatic carbocycles. The van der Waals surface area contributed by atoms with Crippen LogP contribution in [0.1, 0.15) is 72.1 Å². The monoisotopic (exact) mass is 332 g/mol. The average molecular weight is 332 g/mol. The lowest BCUT2D eigenvalue weighted by Gasteiger charge is -2.33. The summed E-state index contributed by atoms with van der Waals surface area (Å²) in [6, 6.07) is 7.87. The van der Waals surface area contributed by atoms with Crippen molar-refractivity contribution in [1.82, 2.24) is 10.6 Å². The molecular weight excluding hydrogens is 300 g/mol. The molecule has 4 nitrogen and oxygen atoms in total. The van der Waals surface area contributed by atoms with E-state index >= 15 is 0 Å². The maximum atomic E-state index is 12.2. The molecule has 0 aliphatic rings. The highest BCUT2D eigenvalue weighted by Gasteiger charge is 2.29. The Morgan fingerprint density at radius 1 is 1.00 bits per heavy atom. The number of carbonyl (C=O) groups excluding carboxylic acids is 2. The largest absolute Gasteiger partial charge is 0.343 e. The zero-order valence-electron chi connectivity index (χ0n) is 16.1. The molecule has 0 saturated carbocycles. The first kappa shape index (κ1) is 20.2. The second-order valence-corrected chi connectivity index (χ2v) is 8.37. The predicted octanol–water partition coefficient (Wildman–Crippen LogP) is 3.76. The third kappa shape index (κ3) is 6.73. The fourth-order valence-electron chi connectivity index (χ4n) is 3.12. The van der Waals surface area contributed by atoms with Gasteiger partial charge in [-0.15, -0.1) is 0 Å². The van der Waals surface area contributed by atoms with Gasteiger partial charge in [-0.2, -0.15) is 0 Å². The Kier molecular flexibility index (Phi) is 6.58. The molecule has 1 atom stereocenters. The fourth-order valence-corrected chi connectivity index (χ4v) is 3.12. The van der Waals surface area contributed by atoms with E-state index in [4.69, 9.17) is 0 Å². The molecule has 0 heterocycles. The van der Waals surface area contributed by atoms with E-state index in [9.17, 15) is 9.59 Å². The smallest absolute Gasteiger partial charge is 0.309 e. The molecule has 1 aromatic carbocycles. The van der Waals surface area contributed by atoms with E-state index in [-0.39, 0.29) is 11.5 Å². The topological polar surface area (TPSA) is 58.2 Å². The van der Waals surface area contributed by atoms with Gasteiger partial charge in [-0.05, 0) is 50.2 Å². The van der Waals surface area contributed by atoms with Crippen LogP contribution in [-0.4, -0.2) is 17.4 Å². The molecule has 0 radical (unpaired) electrons. The van der Waals surface area contributed by atoms with Crippen LogP contribution in [0.2, 0.25) is 0 Å². The average Bonchev–Trinajstić information content (AvgIpc) is 2.44. The van der Waals surface area contributed by atoms with Gasteiger partial charge in [0, 0.05) is 5.54 Å². The Balaban J connectivity index is 2.64. The van der Waals surface area contributed by atoms with Crippen LogP contribution in [0.3, 0.4) is 0 Å². The number of nitrogens with one attached hydrogen (secondary N) is 2. The Morgan fingerprint density at radius 2 is 1.54 bits per heavy atom. The van der Waals surface area contributed by atoms with Gasteiger partial charge in [0.05, 0.1) is 6.04 Å². The molecule has 2 amide bonds. The third-order valence-corrected chi connectivity index (χ3v) is 3.87. The molecule has 0 bridgehead atoms. The van der Waals surface area contributed by atoms with Gasteiger partial charge < -0.3 is 10.6 Å². The van der Waals surface area contributed by atoms with Crippen molar-refractivity contribution in [3.05, 3.63) is 35.4 Å². The van der Waals surface area contributed by atoms with Crippen LogP contribution >= 0.6 is 0 Å². The number of benzene rings is 1. The van der Waals surface area contributed by atoms with Gasteiger partial charge in [-0.1, -0.05) is 52.0 Å². The summed E-state index contributed by atoms with van der Waals surface area (Å²) >= 11 is 0. The Morgan fingerprint density at radius 3 is 2.00 bits per heavy atom. The predicted molar refractivity (Wildman–Crippen MR) is 98.7 cm³/mol. The normalized spacial score (nSPS) is 13.3. The van der Waals surface area contributed by atoms with Gasteiger partial charge in [0.1, 0.15) is 0 Å². The van der Waals surface area contributed by atoms with E-state index in [1.165, 1.54) is 5.56 Å². The zero-order chi connectivity index (χ0) is 18.5. The molecule has 0 aliphatic heterocycles. The summed E-state index contributed by atoms with van der Waals surface area (Å²) in [6.07, 6.45) is 1.76. The summed E-state index contributed by atoms with van der Waals surface area (Å²) in [5, 5.41) is 5.60. The lowest BCUT2D eigenvalue weighted by atomic mass is 9.82. The standard InChI is InChI=1S/C20H32N2O2/c1-8-15-9-11-16(12-10-15)14(2)21-17(23)18(24)22-20(6,7)13-19(3,4)5/h9-12,14H,8,13H2,1-7H3,(H,21,23)(H,22,24). The van der Waals surface area contributed by atoms with Crippen molar-refractivity contribution < 1.29 is 9.59 Å². The van der Waals surface area contributed by atoms with Crippen LogP contribution in [0.15, 0.2) is 24.3 Å². The van der Waals surface area contributed by atoms with Gasteiger partial charge in [-0.25, -0.2) is 0 Å². The molecule has 0 aromatic heterocycles. The number of hydrogen-bond donors (Lipinski definition) is 2. The first-order valence-corrected chi connectivity index (χ1v) is 8.65. The lowest BCUT2D eigenvalue weighted by Crippen LogP contribution is -2.51. The zero-order valence-corrected chi connectivity index (χ0v) is 16.1. The molecule has 1 aromatic rings. The van der Waals surface area contributed by atoms with E-state index < -0.39 is 17.4 Å². The summed E-state index contributed by atoms with van der Waals surface area (Å²) in [7, 11) is 0. The summed E-state index contributed by atoms with van der Waals surface area (Å²) in [6.45, 7) is 14.2. The fraction of sp³-hybridized carbons (Fsp3) is 0.600. The van der Waals surface area contributed by atoms with Gasteiger partial charge in [0.25, 0.3) is 0 Å². The van der Waals surface area contributed by atoms with E-state index in [2.05, 4.69) is 38.3 Å². The molecule has 24 heavy (non-hydrogen) atoms. The van der Waals surface area contributed by atoms with Crippen molar-refractivity contribution in [3.63, 3.8) is 0 Å². The highest BCUT2D eigenvalue weighted by atomic mass is 16.2. The molecule has 2 N–H and O–H groups in total. The first-order chi connectivity index (χ1) is 10.9. The summed E-state index contributed by atoms with van der Waals surface area (Å²) < 4.78 is 0. The van der Waals surface area contributed by atoms with Crippen LogP contribution in [0.5, 0.6) is 0 Å². The lowest BCUT2D eigenvalue weighted by molar-refractivity contribution is -0.140. The van der Waals surface area contributed by atoms with Gasteiger partial charge >= 0.3 is 11.8 Å². The molecular formula is C20H32N2O2. The SMILES string of the molecule is CCc1ccc(C(C)NC(=O)C(=O)NC(C)(C)CC(C)(C)C)cc1. The molecule has 0 spiro atoms. The molecule has 4 heteroatoms. The van der Waals surface area contributed by atoms with Crippen LogP contribution in [0.4, 0.5) is 0 Å². The van der Waals surface area contributed by atoms with E-state index in [0.29, 0.717) is 0 Å². The van der Waals surface area contributed by atoms with Crippen LogP contribution in [0, 0.1) is 5.41 Å². The number of aryl methyl sites for hydroxylation is 1. The van der Waals surface area contributed by atoms with Crippen LogP contribution < -0.4 is 10.6 Å². The van der Waals surface area contributed by atoms with Crippen LogP contribution in [0.25, 0.3) is 0 Å². The van der Waals surface area contributed by atoms with Gasteiger partial charge in [0.2, 0.25) is 0 Å². The number of rotatable bonds is 5. The van der Waals surface area contributed by atoms with Crippen molar-refractivity contribution in [2.45, 2.75) is 72.9 Å². The summed E-state index contributed by atoms with van der Waals surface area (Å²) in [5.41, 5.74) is 1.88. The van der Waals surface area contributed by atoms with Gasteiger partial charge in [-0.3, -0.25) is 9.59 Å². The molecule has 134 valence electrons. The molecule has 1 unspecified atom stereocenters. The van der Waals surface area contributed by atoms with E-state index in [1.54, 1.807) is 0 Å². The van der Waals surface area contributed by atoms with Gasteiger partial charge in [0.15, 0.2) is 0 Å². The van der Waals surface area contributed by atoms with Crippen LogP contribution in [-0.2, 0) is 16.0 Å². The maximum absolute atomic E-state index is 12.2. The van der Waals surface area contributed by atoms with E-state index in [0.717, 1.165) is 18.4 Å². The van der Waals surface area contributed by atoms with E-state index in [1.807, 2.05) is 45.0 Å². The molecule has 1 rings (SSSR count). The quantitative estimate of drug-likeness (QED) is 0.807. The van der Waals surface area contributed by atoms with Crippen molar-refractivity contribution in [3.8, 4) is 0 Å². The Labute approximate surface area is 146 Å². The minimum absolute atomic E-state index is 0.0710. The Bertz CT molecular complexity index is 568. The molecule has 0 fully saturated rings. The highest BCUT2D eigenvalue weighted by molar-refractivity contribution is 6.35. The van der Waals surface area contributed by atoms with Crippen molar-refractivity contribution in [2.75, 3.05) is 0 Å². The highest BCUT2D eigenvalue weighted by Crippen LogP contribution is 2.26. The summed E-state index contributed by atoms with van der Waals surface area (Å²) in [4.78, 5) is 24.4. The number of carbonyl (C=O) groups is 2. The maximum Gasteiger partial charge on any atom is 0.309 e. The molecule has 0 saturated heterocycles. The van der Waals surface area contributed by atoms with Crippen molar-refractivity contribution in [2.24, 2.45) is 5.41 Å². The minimum Gasteiger partial charge on any atom is -0.343 e. The van der Waals surface area contributed by atoms with Crippen molar-refractivity contribution in [1.29, 1.82) is 0 Å².